The summed E-state index contributed by atoms with van der Waals surface area (Å²) in [5.41, 5.74) is 2.81. The molecule has 0 aromatic heterocycles. The van der Waals surface area contributed by atoms with Crippen LogP contribution in [0.2, 0.25) is 0 Å². The van der Waals surface area contributed by atoms with Crippen LogP contribution in [0.4, 0.5) is 0 Å². The first-order valence-corrected chi connectivity index (χ1v) is 10.7. The van der Waals surface area contributed by atoms with Gasteiger partial charge in [-0.25, -0.2) is 0 Å². The van der Waals surface area contributed by atoms with E-state index >= 15 is 0 Å². The summed E-state index contributed by atoms with van der Waals surface area (Å²) in [7, 11) is 1.85. The van der Waals surface area contributed by atoms with Crippen LogP contribution in [0.3, 0.4) is 0 Å². The standard InChI is InChI=1S/C22H34N4O/c1-23-22(25-20-14-19-10-11-21(20)27-19)24-15-17-8-4-5-9-18(17)16-26-12-6-2-3-7-13-26/h4-5,8-9,19-21H,2-3,6-7,10-16H2,1H3,(H2,23,24,25). The van der Waals surface area contributed by atoms with Crippen molar-refractivity contribution in [3.63, 3.8) is 0 Å². The predicted molar refractivity (Wildman–Crippen MR) is 110 cm³/mol. The molecule has 2 bridgehead atoms. The zero-order chi connectivity index (χ0) is 18.5. The minimum atomic E-state index is 0.365. The fraction of sp³-hybridized carbons (Fsp3) is 0.682. The van der Waals surface area contributed by atoms with Gasteiger partial charge in [0.1, 0.15) is 0 Å². The molecule has 3 heterocycles. The van der Waals surface area contributed by atoms with E-state index in [1.807, 2.05) is 7.05 Å². The highest BCUT2D eigenvalue weighted by Crippen LogP contribution is 2.34. The lowest BCUT2D eigenvalue weighted by Crippen LogP contribution is -2.47. The second kappa shape index (κ2) is 9.07. The second-order valence-corrected chi connectivity index (χ2v) is 8.25. The van der Waals surface area contributed by atoms with Crippen LogP contribution in [0.15, 0.2) is 29.3 Å². The van der Waals surface area contributed by atoms with Gasteiger partial charge in [-0.3, -0.25) is 9.89 Å². The Morgan fingerprint density at radius 1 is 1.11 bits per heavy atom. The van der Waals surface area contributed by atoms with Crippen LogP contribution in [0.1, 0.15) is 56.1 Å². The molecule has 5 heteroatoms. The van der Waals surface area contributed by atoms with E-state index in [2.05, 4.69) is 44.8 Å². The van der Waals surface area contributed by atoms with Crippen molar-refractivity contribution in [1.82, 2.24) is 15.5 Å². The Kier molecular flexibility index (Phi) is 6.30. The highest BCUT2D eigenvalue weighted by Gasteiger charge is 2.41. The van der Waals surface area contributed by atoms with Gasteiger partial charge in [-0.05, 0) is 56.3 Å². The zero-order valence-corrected chi connectivity index (χ0v) is 16.6. The van der Waals surface area contributed by atoms with Crippen molar-refractivity contribution in [2.24, 2.45) is 4.99 Å². The molecule has 148 valence electrons. The molecule has 0 saturated carbocycles. The number of likely N-dealkylation sites (tertiary alicyclic amines) is 1. The molecule has 0 radical (unpaired) electrons. The van der Waals surface area contributed by atoms with Gasteiger partial charge in [-0.2, -0.15) is 0 Å². The van der Waals surface area contributed by atoms with Gasteiger partial charge in [0.25, 0.3) is 0 Å². The van der Waals surface area contributed by atoms with E-state index in [1.165, 1.54) is 62.7 Å². The number of benzene rings is 1. The van der Waals surface area contributed by atoms with Gasteiger partial charge >= 0.3 is 0 Å². The average molecular weight is 371 g/mol. The molecule has 4 rings (SSSR count). The topological polar surface area (TPSA) is 48.9 Å². The van der Waals surface area contributed by atoms with Crippen molar-refractivity contribution in [2.45, 2.75) is 76.3 Å². The number of rotatable bonds is 5. The summed E-state index contributed by atoms with van der Waals surface area (Å²) in [4.78, 5) is 7.05. The van der Waals surface area contributed by atoms with Crippen LogP contribution >= 0.6 is 0 Å². The number of aliphatic imine (C=N–C) groups is 1. The van der Waals surface area contributed by atoms with Gasteiger partial charge in [0.05, 0.1) is 18.2 Å². The Bertz CT molecular complexity index is 639. The molecule has 0 spiro atoms. The maximum Gasteiger partial charge on any atom is 0.191 e. The van der Waals surface area contributed by atoms with Gasteiger partial charge in [0.2, 0.25) is 0 Å². The first-order valence-electron chi connectivity index (χ1n) is 10.7. The van der Waals surface area contributed by atoms with Crippen LogP contribution < -0.4 is 10.6 Å². The van der Waals surface area contributed by atoms with Crippen LogP contribution in [-0.4, -0.2) is 49.2 Å². The SMILES string of the molecule is CN=C(NCc1ccccc1CN1CCCCCC1)NC1CC2CCC1O2. The van der Waals surface area contributed by atoms with Gasteiger partial charge < -0.3 is 15.4 Å². The molecular formula is C22H34N4O. The van der Waals surface area contributed by atoms with Crippen molar-refractivity contribution in [1.29, 1.82) is 0 Å². The van der Waals surface area contributed by atoms with E-state index in [1.54, 1.807) is 0 Å². The highest BCUT2D eigenvalue weighted by molar-refractivity contribution is 5.80. The Balaban J connectivity index is 1.33. The molecular weight excluding hydrogens is 336 g/mol. The van der Waals surface area contributed by atoms with Crippen molar-refractivity contribution < 1.29 is 4.74 Å². The molecule has 3 unspecified atom stereocenters. The molecule has 3 aliphatic heterocycles. The third-order valence-corrected chi connectivity index (χ3v) is 6.31. The van der Waals surface area contributed by atoms with Gasteiger partial charge in [-0.15, -0.1) is 0 Å². The molecule has 2 N–H and O–H groups in total. The fourth-order valence-electron chi connectivity index (χ4n) is 4.76. The summed E-state index contributed by atoms with van der Waals surface area (Å²) in [5.74, 6) is 0.890. The molecule has 0 amide bonds. The quantitative estimate of drug-likeness (QED) is 0.618. The molecule has 0 aliphatic carbocycles. The van der Waals surface area contributed by atoms with Crippen LogP contribution in [0.5, 0.6) is 0 Å². The normalized spacial score (nSPS) is 28.9. The third-order valence-electron chi connectivity index (χ3n) is 6.31. The zero-order valence-electron chi connectivity index (χ0n) is 16.6. The number of hydrogen-bond acceptors (Lipinski definition) is 3. The maximum absolute atomic E-state index is 5.96. The molecule has 3 aliphatic rings. The number of ether oxygens (including phenoxy) is 1. The van der Waals surface area contributed by atoms with E-state index in [4.69, 9.17) is 4.74 Å². The molecule has 3 saturated heterocycles. The Morgan fingerprint density at radius 3 is 2.56 bits per heavy atom. The lowest BCUT2D eigenvalue weighted by molar-refractivity contribution is 0.0992. The van der Waals surface area contributed by atoms with Crippen molar-refractivity contribution in [2.75, 3.05) is 20.1 Å². The molecule has 1 aromatic rings. The van der Waals surface area contributed by atoms with Gasteiger partial charge in [0.15, 0.2) is 5.96 Å². The summed E-state index contributed by atoms with van der Waals surface area (Å²) >= 11 is 0. The fourth-order valence-corrected chi connectivity index (χ4v) is 4.76. The minimum Gasteiger partial charge on any atom is -0.373 e. The number of nitrogens with one attached hydrogen (secondary N) is 2. The molecule has 5 nitrogen and oxygen atoms in total. The summed E-state index contributed by atoms with van der Waals surface area (Å²) in [6, 6.07) is 9.23. The first-order chi connectivity index (χ1) is 13.3. The predicted octanol–water partition coefficient (Wildman–Crippen LogP) is 3.05. The van der Waals surface area contributed by atoms with E-state index in [-0.39, 0.29) is 0 Å². The molecule has 27 heavy (non-hydrogen) atoms. The van der Waals surface area contributed by atoms with Crippen LogP contribution in [0.25, 0.3) is 0 Å². The van der Waals surface area contributed by atoms with Gasteiger partial charge in [0, 0.05) is 20.1 Å². The smallest absolute Gasteiger partial charge is 0.191 e. The first kappa shape index (κ1) is 18.8. The van der Waals surface area contributed by atoms with E-state index in [0.717, 1.165) is 25.5 Å². The van der Waals surface area contributed by atoms with E-state index in [0.29, 0.717) is 18.2 Å². The average Bonchev–Trinajstić information content (AvgIpc) is 3.22. The second-order valence-electron chi connectivity index (χ2n) is 8.25. The molecule has 3 fully saturated rings. The maximum atomic E-state index is 5.96. The molecule has 3 atom stereocenters. The number of guanidine groups is 1. The monoisotopic (exact) mass is 370 g/mol. The van der Waals surface area contributed by atoms with E-state index in [9.17, 15) is 0 Å². The summed E-state index contributed by atoms with van der Waals surface area (Å²) in [5, 5.41) is 7.11. The lowest BCUT2D eigenvalue weighted by atomic mass is 9.96. The largest absolute Gasteiger partial charge is 0.373 e. The van der Waals surface area contributed by atoms with Gasteiger partial charge in [-0.1, -0.05) is 37.1 Å². The Hall–Kier alpha value is -1.59. The summed E-state index contributed by atoms with van der Waals surface area (Å²) in [6.45, 7) is 4.33. The van der Waals surface area contributed by atoms with Crippen molar-refractivity contribution >= 4 is 5.96 Å². The third kappa shape index (κ3) is 4.82. The van der Waals surface area contributed by atoms with Crippen molar-refractivity contribution in [3.05, 3.63) is 35.4 Å². The number of hydrogen-bond donors (Lipinski definition) is 2. The van der Waals surface area contributed by atoms with Crippen molar-refractivity contribution in [3.8, 4) is 0 Å². The summed E-state index contributed by atoms with van der Waals surface area (Å²) < 4.78 is 5.96. The number of fused-ring (bicyclic) bond motifs is 2. The van der Waals surface area contributed by atoms with Crippen LogP contribution in [0, 0.1) is 0 Å². The molecule has 1 aromatic carbocycles. The Labute approximate surface area is 163 Å². The number of nitrogens with zero attached hydrogens (tertiary/aromatic N) is 2. The highest BCUT2D eigenvalue weighted by atomic mass is 16.5. The minimum absolute atomic E-state index is 0.365. The lowest BCUT2D eigenvalue weighted by Gasteiger charge is -2.24. The van der Waals surface area contributed by atoms with Crippen LogP contribution in [-0.2, 0) is 17.8 Å². The summed E-state index contributed by atoms with van der Waals surface area (Å²) in [6.07, 6.45) is 9.77. The Morgan fingerprint density at radius 2 is 1.89 bits per heavy atom. The van der Waals surface area contributed by atoms with E-state index < -0.39 is 0 Å².